The third kappa shape index (κ3) is 6.42. The summed E-state index contributed by atoms with van der Waals surface area (Å²) in [6.45, 7) is 3.24. The number of amides is 3. The lowest BCUT2D eigenvalue weighted by Gasteiger charge is -2.33. The second-order valence-electron chi connectivity index (χ2n) is 8.39. The van der Waals surface area contributed by atoms with Crippen molar-refractivity contribution in [2.75, 3.05) is 32.0 Å². The zero-order valence-corrected chi connectivity index (χ0v) is 19.0. The van der Waals surface area contributed by atoms with Crippen molar-refractivity contribution in [3.05, 3.63) is 65.7 Å². The molecule has 3 rings (SSSR count). The van der Waals surface area contributed by atoms with Crippen LogP contribution in [0.1, 0.15) is 37.3 Å². The Kier molecular flexibility index (Phi) is 8.42. The lowest BCUT2D eigenvalue weighted by molar-refractivity contribution is -0.141. The van der Waals surface area contributed by atoms with Crippen LogP contribution >= 0.6 is 0 Å². The molecular formula is C26H33N3O3. The van der Waals surface area contributed by atoms with E-state index < -0.39 is 0 Å². The van der Waals surface area contributed by atoms with E-state index in [9.17, 15) is 14.4 Å². The molecule has 170 valence electrons. The molecule has 1 aliphatic rings. The van der Waals surface area contributed by atoms with Crippen LogP contribution in [0.3, 0.4) is 0 Å². The number of carbonyl (C=O) groups excluding carboxylic acids is 3. The zero-order valence-electron chi connectivity index (χ0n) is 19.0. The van der Waals surface area contributed by atoms with Crippen LogP contribution in [0.2, 0.25) is 0 Å². The third-order valence-electron chi connectivity index (χ3n) is 6.10. The quantitative estimate of drug-likeness (QED) is 0.690. The van der Waals surface area contributed by atoms with Crippen LogP contribution in [0.25, 0.3) is 0 Å². The number of nitrogens with zero attached hydrogens (tertiary/aromatic N) is 2. The van der Waals surface area contributed by atoms with Gasteiger partial charge in [-0.1, -0.05) is 55.5 Å². The number of hydrogen-bond acceptors (Lipinski definition) is 3. The third-order valence-corrected chi connectivity index (χ3v) is 6.10. The van der Waals surface area contributed by atoms with Gasteiger partial charge in [0.1, 0.15) is 0 Å². The number of benzene rings is 2. The maximum Gasteiger partial charge on any atom is 0.243 e. The number of anilines is 1. The summed E-state index contributed by atoms with van der Waals surface area (Å²) in [5.74, 6) is -0.230. The molecule has 0 unspecified atom stereocenters. The van der Waals surface area contributed by atoms with E-state index in [0.717, 1.165) is 29.7 Å². The minimum absolute atomic E-state index is 0.0209. The fraction of sp³-hybridized carbons (Fsp3) is 0.423. The van der Waals surface area contributed by atoms with E-state index in [2.05, 4.69) is 5.32 Å². The Labute approximate surface area is 190 Å². The second-order valence-corrected chi connectivity index (χ2v) is 8.39. The minimum Gasteiger partial charge on any atom is -0.343 e. The van der Waals surface area contributed by atoms with Gasteiger partial charge in [0, 0.05) is 38.2 Å². The average molecular weight is 436 g/mol. The van der Waals surface area contributed by atoms with Gasteiger partial charge in [-0.15, -0.1) is 0 Å². The number of likely N-dealkylation sites (N-methyl/N-ethyl adjacent to an activating group) is 1. The zero-order chi connectivity index (χ0) is 22.9. The van der Waals surface area contributed by atoms with Crippen molar-refractivity contribution in [3.8, 4) is 0 Å². The van der Waals surface area contributed by atoms with E-state index in [4.69, 9.17) is 0 Å². The number of piperidine rings is 1. The number of carbonyl (C=O) groups is 3. The van der Waals surface area contributed by atoms with Crippen LogP contribution < -0.4 is 5.32 Å². The number of hydrogen-bond donors (Lipinski definition) is 1. The van der Waals surface area contributed by atoms with Crippen molar-refractivity contribution >= 4 is 23.4 Å². The highest BCUT2D eigenvalue weighted by atomic mass is 16.2. The first-order valence-corrected chi connectivity index (χ1v) is 11.4. The maximum atomic E-state index is 12.8. The highest BCUT2D eigenvalue weighted by Crippen LogP contribution is 2.21. The molecule has 6 nitrogen and oxygen atoms in total. The molecular weight excluding hydrogens is 402 g/mol. The summed E-state index contributed by atoms with van der Waals surface area (Å²) >= 11 is 0. The summed E-state index contributed by atoms with van der Waals surface area (Å²) in [6.07, 6.45) is 3.33. The fourth-order valence-corrected chi connectivity index (χ4v) is 4.18. The molecule has 0 atom stereocenters. The first kappa shape index (κ1) is 23.5. The van der Waals surface area contributed by atoms with Crippen LogP contribution in [0.15, 0.2) is 54.6 Å². The van der Waals surface area contributed by atoms with Gasteiger partial charge in [-0.3, -0.25) is 14.4 Å². The van der Waals surface area contributed by atoms with Gasteiger partial charge in [0.25, 0.3) is 0 Å². The Morgan fingerprint density at radius 3 is 2.34 bits per heavy atom. The molecule has 0 spiro atoms. The summed E-state index contributed by atoms with van der Waals surface area (Å²) in [7, 11) is 1.67. The van der Waals surface area contributed by atoms with Gasteiger partial charge in [0.2, 0.25) is 17.7 Å². The molecule has 3 amide bonds. The smallest absolute Gasteiger partial charge is 0.243 e. The number of likely N-dealkylation sites (tertiary alicyclic amines) is 1. The molecule has 0 bridgehead atoms. The normalized spacial score (nSPS) is 14.1. The second kappa shape index (κ2) is 11.5. The van der Waals surface area contributed by atoms with E-state index in [-0.39, 0.29) is 30.2 Å². The van der Waals surface area contributed by atoms with Crippen LogP contribution in [0.4, 0.5) is 5.69 Å². The predicted octanol–water partition coefficient (Wildman–Crippen LogP) is 3.52. The molecule has 1 saturated heterocycles. The van der Waals surface area contributed by atoms with E-state index in [1.807, 2.05) is 66.4 Å². The van der Waals surface area contributed by atoms with Crippen LogP contribution in [-0.4, -0.2) is 54.2 Å². The van der Waals surface area contributed by atoms with Crippen LogP contribution in [0.5, 0.6) is 0 Å². The Hall–Kier alpha value is -3.15. The summed E-state index contributed by atoms with van der Waals surface area (Å²) in [6, 6.07) is 17.7. The number of rotatable bonds is 8. The largest absolute Gasteiger partial charge is 0.343 e. The molecule has 1 N–H and O–H groups in total. The highest BCUT2D eigenvalue weighted by molar-refractivity contribution is 5.95. The Morgan fingerprint density at radius 2 is 1.66 bits per heavy atom. The van der Waals surface area contributed by atoms with Crippen LogP contribution in [-0.2, 0) is 27.2 Å². The number of nitrogens with one attached hydrogen (secondary N) is 1. The molecule has 6 heteroatoms. The van der Waals surface area contributed by atoms with Gasteiger partial charge in [-0.05, 0) is 42.9 Å². The molecule has 2 aromatic rings. The topological polar surface area (TPSA) is 69.7 Å². The maximum absolute atomic E-state index is 12.8. The van der Waals surface area contributed by atoms with E-state index in [1.54, 1.807) is 7.05 Å². The monoisotopic (exact) mass is 435 g/mol. The Morgan fingerprint density at radius 1 is 1.00 bits per heavy atom. The van der Waals surface area contributed by atoms with Gasteiger partial charge < -0.3 is 15.1 Å². The number of aryl methyl sites for hydroxylation is 2. The van der Waals surface area contributed by atoms with Crippen molar-refractivity contribution in [1.82, 2.24) is 9.80 Å². The minimum atomic E-state index is -0.199. The van der Waals surface area contributed by atoms with Crippen molar-refractivity contribution in [1.29, 1.82) is 0 Å². The Balaban J connectivity index is 1.43. The molecule has 1 aliphatic heterocycles. The number of para-hydroxylation sites is 1. The highest BCUT2D eigenvalue weighted by Gasteiger charge is 2.29. The SMILES string of the molecule is CCc1ccccc1NC(=O)CN(C)C(=O)C1CCN(C(=O)CCc2ccccc2)CC1. The molecule has 0 saturated carbocycles. The van der Waals surface area contributed by atoms with Crippen LogP contribution in [0, 0.1) is 5.92 Å². The van der Waals surface area contributed by atoms with Crippen molar-refractivity contribution in [3.63, 3.8) is 0 Å². The molecule has 1 fully saturated rings. The van der Waals surface area contributed by atoms with Crippen molar-refractivity contribution < 1.29 is 14.4 Å². The molecule has 32 heavy (non-hydrogen) atoms. The van der Waals surface area contributed by atoms with Gasteiger partial charge in [-0.25, -0.2) is 0 Å². The van der Waals surface area contributed by atoms with Gasteiger partial charge in [0.05, 0.1) is 6.54 Å². The van der Waals surface area contributed by atoms with Gasteiger partial charge in [-0.2, -0.15) is 0 Å². The Bertz CT molecular complexity index is 921. The van der Waals surface area contributed by atoms with E-state index in [0.29, 0.717) is 32.4 Å². The first-order chi connectivity index (χ1) is 15.5. The summed E-state index contributed by atoms with van der Waals surface area (Å²) < 4.78 is 0. The molecule has 0 radical (unpaired) electrons. The molecule has 0 aromatic heterocycles. The first-order valence-electron chi connectivity index (χ1n) is 11.4. The van der Waals surface area contributed by atoms with Crippen molar-refractivity contribution in [2.45, 2.75) is 39.0 Å². The standard InChI is InChI=1S/C26H33N3O3/c1-3-21-11-7-8-12-23(21)27-24(30)19-28(2)26(32)22-15-17-29(18-16-22)25(31)14-13-20-9-5-4-6-10-20/h4-12,22H,3,13-19H2,1-2H3,(H,27,30). The lowest BCUT2D eigenvalue weighted by atomic mass is 9.95. The summed E-state index contributed by atoms with van der Waals surface area (Å²) in [4.78, 5) is 41.2. The summed E-state index contributed by atoms with van der Waals surface area (Å²) in [5.41, 5.74) is 3.02. The van der Waals surface area contributed by atoms with E-state index >= 15 is 0 Å². The van der Waals surface area contributed by atoms with Crippen molar-refractivity contribution in [2.24, 2.45) is 5.92 Å². The molecule has 0 aliphatic carbocycles. The molecule has 2 aromatic carbocycles. The predicted molar refractivity (Wildman–Crippen MR) is 126 cm³/mol. The molecule has 1 heterocycles. The lowest BCUT2D eigenvalue weighted by Crippen LogP contribution is -2.45. The fourth-order valence-electron chi connectivity index (χ4n) is 4.18. The van der Waals surface area contributed by atoms with E-state index in [1.165, 1.54) is 4.90 Å². The van der Waals surface area contributed by atoms with Gasteiger partial charge in [0.15, 0.2) is 0 Å². The summed E-state index contributed by atoms with van der Waals surface area (Å²) in [5, 5.41) is 2.91. The van der Waals surface area contributed by atoms with Gasteiger partial charge >= 0.3 is 0 Å². The average Bonchev–Trinajstić information content (AvgIpc) is 2.83.